The molecule has 1 amide bonds. The maximum absolute atomic E-state index is 12.7. The van der Waals surface area contributed by atoms with Crippen LogP contribution in [-0.2, 0) is 4.74 Å². The molecule has 0 aromatic carbocycles. The summed E-state index contributed by atoms with van der Waals surface area (Å²) >= 11 is 0. The average Bonchev–Trinajstić information content (AvgIpc) is 3.47. The van der Waals surface area contributed by atoms with E-state index in [4.69, 9.17) is 9.26 Å². The Labute approximate surface area is 176 Å². The van der Waals surface area contributed by atoms with Gasteiger partial charge in [0, 0.05) is 25.2 Å². The van der Waals surface area contributed by atoms with Gasteiger partial charge < -0.3 is 24.5 Å². The van der Waals surface area contributed by atoms with Crippen molar-refractivity contribution in [2.24, 2.45) is 0 Å². The lowest BCUT2D eigenvalue weighted by Gasteiger charge is -2.27. The van der Waals surface area contributed by atoms with E-state index in [9.17, 15) is 4.79 Å². The molecule has 2 N–H and O–H groups in total. The van der Waals surface area contributed by atoms with Gasteiger partial charge in [0.1, 0.15) is 35.4 Å². The van der Waals surface area contributed by atoms with Gasteiger partial charge in [-0.05, 0) is 6.92 Å². The van der Waals surface area contributed by atoms with Crippen molar-refractivity contribution in [1.29, 1.82) is 0 Å². The standard InChI is InChI=1S/C19H19N9O3/c1-11(15-6-12(27-31-15)18-25-14-8-20-9-23-17(14)26-18)24-19(29)13-7-16(22-10-21-13)28-2-4-30-5-3-28/h6-11H,2-5H2,1H3,(H,24,29)(H,20,23,25,26)/t11-/m1/s1. The molecule has 0 spiro atoms. The number of nitrogens with one attached hydrogen (secondary N) is 2. The first-order valence-electron chi connectivity index (χ1n) is 9.75. The van der Waals surface area contributed by atoms with Gasteiger partial charge in [0.25, 0.3) is 5.91 Å². The first-order valence-corrected chi connectivity index (χ1v) is 9.75. The van der Waals surface area contributed by atoms with E-state index >= 15 is 0 Å². The Morgan fingerprint density at radius 3 is 2.90 bits per heavy atom. The van der Waals surface area contributed by atoms with Gasteiger partial charge in [-0.25, -0.2) is 24.9 Å². The van der Waals surface area contributed by atoms with E-state index in [1.165, 1.54) is 12.7 Å². The second kappa shape index (κ2) is 8.07. The third-order valence-electron chi connectivity index (χ3n) is 4.93. The summed E-state index contributed by atoms with van der Waals surface area (Å²) in [5.74, 6) is 1.36. The normalized spacial score (nSPS) is 15.2. The number of rotatable bonds is 5. The summed E-state index contributed by atoms with van der Waals surface area (Å²) in [5.41, 5.74) is 2.02. The van der Waals surface area contributed by atoms with Gasteiger partial charge in [0.2, 0.25) is 0 Å². The molecule has 1 aliphatic rings. The second-order valence-corrected chi connectivity index (χ2v) is 7.02. The SMILES string of the molecule is C[C@@H](NC(=O)c1cc(N2CCOCC2)ncn1)c1cc(-c2nc3ncncc3[nH]2)no1. The fraction of sp³-hybridized carbons (Fsp3) is 0.316. The maximum atomic E-state index is 12.7. The molecular weight excluding hydrogens is 402 g/mol. The highest BCUT2D eigenvalue weighted by Crippen LogP contribution is 2.22. The highest BCUT2D eigenvalue weighted by molar-refractivity contribution is 5.93. The van der Waals surface area contributed by atoms with Gasteiger partial charge in [-0.3, -0.25) is 4.79 Å². The number of H-pyrrole nitrogens is 1. The number of aromatic nitrogens is 7. The zero-order chi connectivity index (χ0) is 21.2. The molecule has 1 saturated heterocycles. The molecule has 0 bridgehead atoms. The van der Waals surface area contributed by atoms with Gasteiger partial charge in [0.15, 0.2) is 17.2 Å². The number of carbonyl (C=O) groups excluding carboxylic acids is 1. The highest BCUT2D eigenvalue weighted by Gasteiger charge is 2.20. The van der Waals surface area contributed by atoms with Crippen molar-refractivity contribution in [3.63, 3.8) is 0 Å². The molecule has 5 rings (SSSR count). The lowest BCUT2D eigenvalue weighted by Crippen LogP contribution is -2.37. The Morgan fingerprint density at radius 1 is 1.19 bits per heavy atom. The summed E-state index contributed by atoms with van der Waals surface area (Å²) in [5, 5.41) is 6.92. The van der Waals surface area contributed by atoms with Crippen molar-refractivity contribution >= 4 is 22.9 Å². The number of ether oxygens (including phenoxy) is 1. The number of anilines is 1. The number of morpholine rings is 1. The predicted octanol–water partition coefficient (Wildman–Crippen LogP) is 1.13. The molecule has 0 saturated carbocycles. The van der Waals surface area contributed by atoms with E-state index in [2.05, 4.69) is 45.3 Å². The lowest BCUT2D eigenvalue weighted by molar-refractivity contribution is 0.0928. The van der Waals surface area contributed by atoms with Gasteiger partial charge in [-0.1, -0.05) is 5.16 Å². The summed E-state index contributed by atoms with van der Waals surface area (Å²) in [4.78, 5) is 38.7. The van der Waals surface area contributed by atoms with E-state index in [1.54, 1.807) is 25.3 Å². The summed E-state index contributed by atoms with van der Waals surface area (Å²) in [7, 11) is 0. The van der Waals surface area contributed by atoms with Gasteiger partial charge in [-0.15, -0.1) is 0 Å². The summed E-state index contributed by atoms with van der Waals surface area (Å²) < 4.78 is 10.8. The molecule has 4 aromatic rings. The van der Waals surface area contributed by atoms with E-state index in [1.807, 2.05) is 0 Å². The van der Waals surface area contributed by atoms with Crippen LogP contribution in [0.3, 0.4) is 0 Å². The Hall–Kier alpha value is -3.93. The van der Waals surface area contributed by atoms with E-state index in [0.717, 1.165) is 13.1 Å². The van der Waals surface area contributed by atoms with Crippen LogP contribution in [0, 0.1) is 0 Å². The third kappa shape index (κ3) is 3.92. The molecule has 12 heteroatoms. The molecule has 1 fully saturated rings. The fourth-order valence-electron chi connectivity index (χ4n) is 3.27. The molecule has 1 atom stereocenters. The number of amides is 1. The van der Waals surface area contributed by atoms with Crippen molar-refractivity contribution in [2.75, 3.05) is 31.2 Å². The smallest absolute Gasteiger partial charge is 0.270 e. The molecule has 1 aliphatic heterocycles. The van der Waals surface area contributed by atoms with Crippen LogP contribution >= 0.6 is 0 Å². The van der Waals surface area contributed by atoms with E-state index in [-0.39, 0.29) is 11.6 Å². The Balaban J connectivity index is 1.29. The average molecular weight is 421 g/mol. The molecular formula is C19H19N9O3. The monoisotopic (exact) mass is 421 g/mol. The third-order valence-corrected chi connectivity index (χ3v) is 4.93. The number of aromatic amines is 1. The van der Waals surface area contributed by atoms with Crippen molar-refractivity contribution < 1.29 is 14.1 Å². The number of hydrogen-bond acceptors (Lipinski definition) is 10. The lowest BCUT2D eigenvalue weighted by atomic mass is 10.2. The Kier molecular flexibility index (Phi) is 4.96. The Bertz CT molecular complexity index is 1180. The zero-order valence-electron chi connectivity index (χ0n) is 16.6. The van der Waals surface area contributed by atoms with Crippen LogP contribution in [0.15, 0.2) is 35.5 Å². The molecule has 4 aromatic heterocycles. The summed E-state index contributed by atoms with van der Waals surface area (Å²) in [6, 6.07) is 2.96. The minimum atomic E-state index is -0.431. The van der Waals surface area contributed by atoms with Crippen LogP contribution in [0.2, 0.25) is 0 Å². The number of imidazole rings is 1. The predicted molar refractivity (Wildman–Crippen MR) is 108 cm³/mol. The number of hydrogen-bond donors (Lipinski definition) is 2. The van der Waals surface area contributed by atoms with Crippen molar-refractivity contribution in [3.8, 4) is 11.5 Å². The van der Waals surface area contributed by atoms with Crippen LogP contribution in [0.4, 0.5) is 5.82 Å². The Morgan fingerprint density at radius 2 is 2.06 bits per heavy atom. The molecule has 5 heterocycles. The molecule has 0 aliphatic carbocycles. The number of nitrogens with zero attached hydrogens (tertiary/aromatic N) is 7. The molecule has 12 nitrogen and oxygen atoms in total. The summed E-state index contributed by atoms with van der Waals surface area (Å²) in [6.07, 6.45) is 4.45. The minimum absolute atomic E-state index is 0.277. The summed E-state index contributed by atoms with van der Waals surface area (Å²) in [6.45, 7) is 4.52. The zero-order valence-corrected chi connectivity index (χ0v) is 16.6. The minimum Gasteiger partial charge on any atom is -0.378 e. The molecule has 158 valence electrons. The van der Waals surface area contributed by atoms with Crippen LogP contribution in [-0.4, -0.2) is 67.3 Å². The van der Waals surface area contributed by atoms with Crippen LogP contribution in [0.25, 0.3) is 22.7 Å². The van der Waals surface area contributed by atoms with Crippen molar-refractivity contribution in [2.45, 2.75) is 13.0 Å². The fourth-order valence-corrected chi connectivity index (χ4v) is 3.27. The quantitative estimate of drug-likeness (QED) is 0.480. The second-order valence-electron chi connectivity index (χ2n) is 7.02. The van der Waals surface area contributed by atoms with Gasteiger partial charge in [0.05, 0.1) is 25.5 Å². The van der Waals surface area contributed by atoms with Gasteiger partial charge in [-0.2, -0.15) is 0 Å². The van der Waals surface area contributed by atoms with Gasteiger partial charge >= 0.3 is 0 Å². The van der Waals surface area contributed by atoms with E-state index in [0.29, 0.717) is 47.5 Å². The maximum Gasteiger partial charge on any atom is 0.270 e. The molecule has 0 radical (unpaired) electrons. The number of carbonyl (C=O) groups is 1. The van der Waals surface area contributed by atoms with Crippen LogP contribution in [0.5, 0.6) is 0 Å². The largest absolute Gasteiger partial charge is 0.378 e. The number of fused-ring (bicyclic) bond motifs is 1. The molecule has 0 unspecified atom stereocenters. The topological polar surface area (TPSA) is 148 Å². The van der Waals surface area contributed by atoms with Crippen molar-refractivity contribution in [3.05, 3.63) is 42.4 Å². The van der Waals surface area contributed by atoms with Crippen molar-refractivity contribution in [1.82, 2.24) is 40.4 Å². The van der Waals surface area contributed by atoms with Crippen LogP contribution < -0.4 is 10.2 Å². The van der Waals surface area contributed by atoms with E-state index < -0.39 is 6.04 Å². The first-order chi connectivity index (χ1) is 15.2. The van der Waals surface area contributed by atoms with Crippen LogP contribution in [0.1, 0.15) is 29.2 Å². The highest BCUT2D eigenvalue weighted by atomic mass is 16.5. The molecule has 31 heavy (non-hydrogen) atoms. The first kappa shape index (κ1) is 19.1.